The second-order valence-electron chi connectivity index (χ2n) is 10.8. The minimum Gasteiger partial charge on any atom is -0.391 e. The Hall–Kier alpha value is -3.15. The van der Waals surface area contributed by atoms with Gasteiger partial charge in [0.1, 0.15) is 0 Å². The van der Waals surface area contributed by atoms with Crippen LogP contribution in [0.2, 0.25) is 0 Å². The van der Waals surface area contributed by atoms with Gasteiger partial charge >= 0.3 is 0 Å². The molecule has 4 rings (SSSR count). The average Bonchev–Trinajstić information content (AvgIpc) is 3.51. The lowest BCUT2D eigenvalue weighted by Crippen LogP contribution is -2.48. The molecule has 7 nitrogen and oxygen atoms in total. The number of carbonyl (C=O) groups is 2. The highest BCUT2D eigenvalue weighted by Crippen LogP contribution is 2.44. The van der Waals surface area contributed by atoms with Crippen LogP contribution in [-0.2, 0) is 21.1 Å². The van der Waals surface area contributed by atoms with E-state index in [1.807, 2.05) is 30.3 Å². The molecule has 6 atom stereocenters. The van der Waals surface area contributed by atoms with Gasteiger partial charge in [-0.25, -0.2) is 8.42 Å². The lowest BCUT2D eigenvalue weighted by molar-refractivity contribution is -0.127. The van der Waals surface area contributed by atoms with E-state index in [9.17, 15) is 23.1 Å². The molecule has 0 aromatic heterocycles. The van der Waals surface area contributed by atoms with Crippen molar-refractivity contribution in [2.24, 2.45) is 17.8 Å². The first kappa shape index (κ1) is 27.9. The molecule has 2 fully saturated rings. The number of carbonyl (C=O) groups excluding carboxylic acids is 2. The van der Waals surface area contributed by atoms with E-state index >= 15 is 0 Å². The number of aliphatic hydroxyl groups is 1. The quantitative estimate of drug-likeness (QED) is 0.382. The van der Waals surface area contributed by atoms with Crippen molar-refractivity contribution in [2.45, 2.75) is 68.0 Å². The van der Waals surface area contributed by atoms with Crippen LogP contribution in [0.25, 0.3) is 0 Å². The van der Waals surface area contributed by atoms with E-state index in [1.165, 1.54) is 37.1 Å². The molecule has 2 saturated carbocycles. The molecular formula is C30H36N2O5S. The fourth-order valence-corrected chi connectivity index (χ4v) is 6.54. The Bertz CT molecular complexity index is 1290. The van der Waals surface area contributed by atoms with Crippen LogP contribution in [0.1, 0.15) is 54.4 Å². The van der Waals surface area contributed by atoms with Crippen LogP contribution in [0.3, 0.4) is 0 Å². The van der Waals surface area contributed by atoms with E-state index in [4.69, 9.17) is 6.42 Å². The van der Waals surface area contributed by atoms with Gasteiger partial charge in [-0.1, -0.05) is 42.8 Å². The van der Waals surface area contributed by atoms with Crippen molar-refractivity contribution in [3.63, 3.8) is 0 Å². The van der Waals surface area contributed by atoms with E-state index in [2.05, 4.69) is 16.6 Å². The third-order valence-electron chi connectivity index (χ3n) is 7.93. The number of fused-ring (bicyclic) bond motifs is 2. The number of sulfone groups is 1. The van der Waals surface area contributed by atoms with Gasteiger partial charge in [0.15, 0.2) is 9.84 Å². The van der Waals surface area contributed by atoms with Gasteiger partial charge in [-0.2, -0.15) is 0 Å². The van der Waals surface area contributed by atoms with Gasteiger partial charge in [0, 0.05) is 24.3 Å². The molecule has 2 aliphatic rings. The Labute approximate surface area is 225 Å². The molecule has 0 saturated heterocycles. The average molecular weight is 537 g/mol. The van der Waals surface area contributed by atoms with Gasteiger partial charge in [0.25, 0.3) is 5.91 Å². The minimum atomic E-state index is -3.49. The molecule has 3 N–H and O–H groups in total. The predicted molar refractivity (Wildman–Crippen MR) is 146 cm³/mol. The molecule has 0 spiro atoms. The van der Waals surface area contributed by atoms with Crippen molar-refractivity contribution in [1.29, 1.82) is 0 Å². The molecule has 0 aliphatic heterocycles. The summed E-state index contributed by atoms with van der Waals surface area (Å²) >= 11 is 0. The summed E-state index contributed by atoms with van der Waals surface area (Å²) in [6.07, 6.45) is 10.8. The maximum atomic E-state index is 13.2. The van der Waals surface area contributed by atoms with Crippen LogP contribution in [0.15, 0.2) is 59.5 Å². The standard InChI is InChI=1S/C30H36N2O5S/c1-3-8-23(29(34)31-26-17-21-13-14-22(26)15-21)19-28(33)27(16-20-9-5-4-6-10-20)32-30(35)24-11-7-12-25(18-24)38(2,36)37/h1,4-7,9-12,18,21-23,26-28,33H,8,13-17,19H2,2H3,(H,31,34)(H,32,35). The molecule has 2 amide bonds. The van der Waals surface area contributed by atoms with Crippen molar-refractivity contribution in [2.75, 3.05) is 6.26 Å². The lowest BCUT2D eigenvalue weighted by Gasteiger charge is -2.29. The maximum absolute atomic E-state index is 13.2. The summed E-state index contributed by atoms with van der Waals surface area (Å²) in [5, 5.41) is 17.4. The number of hydrogen-bond acceptors (Lipinski definition) is 5. The Kier molecular flexibility index (Phi) is 8.91. The first-order chi connectivity index (χ1) is 18.1. The summed E-state index contributed by atoms with van der Waals surface area (Å²) < 4.78 is 23.9. The van der Waals surface area contributed by atoms with Crippen LogP contribution < -0.4 is 10.6 Å². The van der Waals surface area contributed by atoms with E-state index in [0.717, 1.165) is 24.7 Å². The monoisotopic (exact) mass is 536 g/mol. The lowest BCUT2D eigenvalue weighted by atomic mass is 9.89. The fourth-order valence-electron chi connectivity index (χ4n) is 5.87. The fraction of sp³-hybridized carbons (Fsp3) is 0.467. The zero-order chi connectivity index (χ0) is 27.3. The van der Waals surface area contributed by atoms with Gasteiger partial charge < -0.3 is 15.7 Å². The molecule has 2 bridgehead atoms. The van der Waals surface area contributed by atoms with Crippen molar-refractivity contribution < 1.29 is 23.1 Å². The molecule has 0 heterocycles. The second-order valence-corrected chi connectivity index (χ2v) is 12.8. The molecule has 6 unspecified atom stereocenters. The smallest absolute Gasteiger partial charge is 0.251 e. The van der Waals surface area contributed by atoms with Crippen LogP contribution in [0.5, 0.6) is 0 Å². The second kappa shape index (κ2) is 12.1. The van der Waals surface area contributed by atoms with Gasteiger partial charge in [-0.3, -0.25) is 9.59 Å². The summed E-state index contributed by atoms with van der Waals surface area (Å²) in [5.41, 5.74) is 1.08. The summed E-state index contributed by atoms with van der Waals surface area (Å²) in [6.45, 7) is 0. The minimum absolute atomic E-state index is 0.0386. The predicted octanol–water partition coefficient (Wildman–Crippen LogP) is 3.13. The third kappa shape index (κ3) is 7.03. The largest absolute Gasteiger partial charge is 0.391 e. The van der Waals surface area contributed by atoms with E-state index in [1.54, 1.807) is 0 Å². The highest BCUT2D eigenvalue weighted by molar-refractivity contribution is 7.90. The molecule has 202 valence electrons. The van der Waals surface area contributed by atoms with E-state index in [-0.39, 0.29) is 35.2 Å². The summed E-state index contributed by atoms with van der Waals surface area (Å²) in [7, 11) is -3.49. The van der Waals surface area contributed by atoms with Gasteiger partial charge in [0.2, 0.25) is 5.91 Å². The Morgan fingerprint density at radius 3 is 2.50 bits per heavy atom. The van der Waals surface area contributed by atoms with Crippen LogP contribution in [-0.4, -0.2) is 49.8 Å². The molecule has 2 aliphatic carbocycles. The first-order valence-electron chi connectivity index (χ1n) is 13.2. The van der Waals surface area contributed by atoms with Gasteiger partial charge in [-0.15, -0.1) is 12.3 Å². The zero-order valence-corrected chi connectivity index (χ0v) is 22.5. The van der Waals surface area contributed by atoms with Crippen LogP contribution in [0.4, 0.5) is 0 Å². The highest BCUT2D eigenvalue weighted by atomic mass is 32.2. The third-order valence-corrected chi connectivity index (χ3v) is 9.04. The normalized spacial score (nSPS) is 22.7. The van der Waals surface area contributed by atoms with Crippen molar-refractivity contribution in [3.8, 4) is 12.3 Å². The number of rotatable bonds is 11. The Balaban J connectivity index is 1.49. The van der Waals surface area contributed by atoms with Crippen LogP contribution in [0, 0.1) is 30.1 Å². The van der Waals surface area contributed by atoms with E-state index in [0.29, 0.717) is 18.3 Å². The highest BCUT2D eigenvalue weighted by Gasteiger charge is 2.41. The molecule has 2 aromatic rings. The summed E-state index contributed by atoms with van der Waals surface area (Å²) in [5.74, 6) is 2.54. The van der Waals surface area contributed by atoms with Crippen LogP contribution >= 0.6 is 0 Å². The number of terminal acetylenes is 1. The SMILES string of the molecule is C#CCC(CC(O)C(Cc1ccccc1)NC(=O)c1cccc(S(C)(=O)=O)c1)C(=O)NC1CC2CCC1C2. The topological polar surface area (TPSA) is 113 Å². The Morgan fingerprint density at radius 2 is 1.87 bits per heavy atom. The molecule has 8 heteroatoms. The van der Waals surface area contributed by atoms with Crippen molar-refractivity contribution >= 4 is 21.7 Å². The van der Waals surface area contributed by atoms with Gasteiger partial charge in [-0.05, 0) is 67.7 Å². The number of nitrogens with one attached hydrogen (secondary N) is 2. The number of amides is 2. The summed E-state index contributed by atoms with van der Waals surface area (Å²) in [4.78, 5) is 26.4. The number of aliphatic hydroxyl groups excluding tert-OH is 1. The molecule has 38 heavy (non-hydrogen) atoms. The summed E-state index contributed by atoms with van der Waals surface area (Å²) in [6, 6.07) is 14.7. The zero-order valence-electron chi connectivity index (χ0n) is 21.7. The first-order valence-corrected chi connectivity index (χ1v) is 15.1. The molecular weight excluding hydrogens is 500 g/mol. The molecule has 0 radical (unpaired) electrons. The van der Waals surface area contributed by atoms with Crippen molar-refractivity contribution in [1.82, 2.24) is 10.6 Å². The van der Waals surface area contributed by atoms with Crippen molar-refractivity contribution in [3.05, 3.63) is 65.7 Å². The molecule has 2 aromatic carbocycles. The van der Waals surface area contributed by atoms with E-state index < -0.39 is 33.8 Å². The Morgan fingerprint density at radius 1 is 1.11 bits per heavy atom. The maximum Gasteiger partial charge on any atom is 0.251 e. The van der Waals surface area contributed by atoms with Gasteiger partial charge in [0.05, 0.1) is 23.0 Å². The number of hydrogen-bond donors (Lipinski definition) is 3. The number of benzene rings is 2.